The van der Waals surface area contributed by atoms with Crippen molar-refractivity contribution in [1.29, 1.82) is 0 Å². The van der Waals surface area contributed by atoms with E-state index in [1.165, 1.54) is 16.7 Å². The van der Waals surface area contributed by atoms with Gasteiger partial charge in [0.25, 0.3) is 0 Å². The summed E-state index contributed by atoms with van der Waals surface area (Å²) in [6, 6.07) is 23.0. The van der Waals surface area contributed by atoms with Gasteiger partial charge in [-0.15, -0.1) is 0 Å². The summed E-state index contributed by atoms with van der Waals surface area (Å²) in [6.45, 7) is 4.22. The lowest BCUT2D eigenvalue weighted by Crippen LogP contribution is -1.94. The first-order valence-electron chi connectivity index (χ1n) is 6.85. The SMILES string of the molecule is Cc1nc(-c2ccccc2)cc(-c2ccccc2)c1C. The Kier molecular flexibility index (Phi) is 3.34. The highest BCUT2D eigenvalue weighted by molar-refractivity contribution is 5.73. The van der Waals surface area contributed by atoms with Crippen LogP contribution in [0.4, 0.5) is 0 Å². The van der Waals surface area contributed by atoms with Gasteiger partial charge in [0.05, 0.1) is 5.69 Å². The molecule has 3 aromatic rings. The van der Waals surface area contributed by atoms with Crippen molar-refractivity contribution >= 4 is 0 Å². The summed E-state index contributed by atoms with van der Waals surface area (Å²) in [7, 11) is 0. The lowest BCUT2D eigenvalue weighted by Gasteiger charge is -2.12. The third-order valence-electron chi connectivity index (χ3n) is 3.67. The molecule has 0 aliphatic rings. The van der Waals surface area contributed by atoms with E-state index in [0.717, 1.165) is 17.0 Å². The van der Waals surface area contributed by atoms with Crippen LogP contribution in [-0.4, -0.2) is 4.98 Å². The highest BCUT2D eigenvalue weighted by atomic mass is 14.7. The molecule has 0 amide bonds. The molecule has 0 atom stereocenters. The van der Waals surface area contributed by atoms with E-state index in [1.807, 2.05) is 24.3 Å². The van der Waals surface area contributed by atoms with Gasteiger partial charge in [0.15, 0.2) is 0 Å². The van der Waals surface area contributed by atoms with E-state index in [4.69, 9.17) is 4.98 Å². The van der Waals surface area contributed by atoms with Gasteiger partial charge >= 0.3 is 0 Å². The second kappa shape index (κ2) is 5.30. The van der Waals surface area contributed by atoms with Crippen molar-refractivity contribution in [3.05, 3.63) is 78.0 Å². The van der Waals surface area contributed by atoms with E-state index in [9.17, 15) is 0 Å². The maximum Gasteiger partial charge on any atom is 0.0711 e. The average molecular weight is 259 g/mol. The highest BCUT2D eigenvalue weighted by Crippen LogP contribution is 2.29. The first-order valence-corrected chi connectivity index (χ1v) is 6.85. The smallest absolute Gasteiger partial charge is 0.0711 e. The van der Waals surface area contributed by atoms with Crippen LogP contribution in [0.25, 0.3) is 22.4 Å². The fourth-order valence-electron chi connectivity index (χ4n) is 2.41. The molecule has 1 heterocycles. The van der Waals surface area contributed by atoms with Crippen LogP contribution < -0.4 is 0 Å². The Morgan fingerprint density at radius 3 is 1.85 bits per heavy atom. The number of rotatable bonds is 2. The van der Waals surface area contributed by atoms with Gasteiger partial charge < -0.3 is 0 Å². The van der Waals surface area contributed by atoms with Crippen molar-refractivity contribution in [2.24, 2.45) is 0 Å². The van der Waals surface area contributed by atoms with Gasteiger partial charge in [-0.2, -0.15) is 0 Å². The van der Waals surface area contributed by atoms with Crippen LogP contribution in [-0.2, 0) is 0 Å². The molecule has 20 heavy (non-hydrogen) atoms. The minimum atomic E-state index is 1.03. The molecule has 0 unspecified atom stereocenters. The van der Waals surface area contributed by atoms with Gasteiger partial charge in [0.1, 0.15) is 0 Å². The third kappa shape index (κ3) is 2.35. The molecule has 1 heteroatoms. The second-order valence-corrected chi connectivity index (χ2v) is 5.00. The van der Waals surface area contributed by atoms with Crippen LogP contribution in [0.1, 0.15) is 11.3 Å². The summed E-state index contributed by atoms with van der Waals surface area (Å²) in [5.74, 6) is 0. The van der Waals surface area contributed by atoms with Crippen LogP contribution in [0.5, 0.6) is 0 Å². The number of benzene rings is 2. The molecule has 0 saturated heterocycles. The van der Waals surface area contributed by atoms with E-state index >= 15 is 0 Å². The Morgan fingerprint density at radius 2 is 1.25 bits per heavy atom. The third-order valence-corrected chi connectivity index (χ3v) is 3.67. The van der Waals surface area contributed by atoms with Crippen LogP contribution in [0.15, 0.2) is 66.7 Å². The van der Waals surface area contributed by atoms with E-state index in [0.29, 0.717) is 0 Å². The molecule has 98 valence electrons. The minimum absolute atomic E-state index is 1.03. The monoisotopic (exact) mass is 259 g/mol. The zero-order valence-corrected chi connectivity index (χ0v) is 11.8. The van der Waals surface area contributed by atoms with Crippen LogP contribution in [0.3, 0.4) is 0 Å². The molecule has 0 spiro atoms. The molecule has 0 N–H and O–H groups in total. The molecular formula is C19H17N. The molecular weight excluding hydrogens is 242 g/mol. The van der Waals surface area contributed by atoms with Gasteiger partial charge in [-0.1, -0.05) is 60.7 Å². The molecule has 0 fully saturated rings. The topological polar surface area (TPSA) is 12.9 Å². The average Bonchev–Trinajstić information content (AvgIpc) is 2.51. The van der Waals surface area contributed by atoms with Crippen LogP contribution in [0, 0.1) is 13.8 Å². The van der Waals surface area contributed by atoms with Crippen molar-refractivity contribution in [2.75, 3.05) is 0 Å². The predicted molar refractivity (Wildman–Crippen MR) is 84.6 cm³/mol. The minimum Gasteiger partial charge on any atom is -0.253 e. The first-order chi connectivity index (χ1) is 9.75. The first kappa shape index (κ1) is 12.6. The number of nitrogens with zero attached hydrogens (tertiary/aromatic N) is 1. The van der Waals surface area contributed by atoms with Crippen molar-refractivity contribution in [3.8, 4) is 22.4 Å². The molecule has 0 bridgehead atoms. The molecule has 0 aliphatic carbocycles. The summed E-state index contributed by atoms with van der Waals surface area (Å²) < 4.78 is 0. The summed E-state index contributed by atoms with van der Waals surface area (Å²) in [6.07, 6.45) is 0. The summed E-state index contributed by atoms with van der Waals surface area (Å²) >= 11 is 0. The molecule has 2 aromatic carbocycles. The van der Waals surface area contributed by atoms with Crippen LogP contribution in [0.2, 0.25) is 0 Å². The summed E-state index contributed by atoms with van der Waals surface area (Å²) in [5, 5.41) is 0. The predicted octanol–water partition coefficient (Wildman–Crippen LogP) is 5.03. The Labute approximate surface area is 119 Å². The van der Waals surface area contributed by atoms with Crippen molar-refractivity contribution in [1.82, 2.24) is 4.98 Å². The van der Waals surface area contributed by atoms with E-state index in [-0.39, 0.29) is 0 Å². The molecule has 0 aliphatic heterocycles. The van der Waals surface area contributed by atoms with Gasteiger partial charge in [0.2, 0.25) is 0 Å². The van der Waals surface area contributed by atoms with Gasteiger partial charge in [0, 0.05) is 11.3 Å². The molecule has 0 radical (unpaired) electrons. The fourth-order valence-corrected chi connectivity index (χ4v) is 2.41. The van der Waals surface area contributed by atoms with Gasteiger partial charge in [-0.25, -0.2) is 0 Å². The standard InChI is InChI=1S/C19H17N/c1-14-15(2)20-19(17-11-7-4-8-12-17)13-18(14)16-9-5-3-6-10-16/h3-13H,1-2H3. The summed E-state index contributed by atoms with van der Waals surface area (Å²) in [5.41, 5.74) is 7.03. The lowest BCUT2D eigenvalue weighted by atomic mass is 9.97. The zero-order chi connectivity index (χ0) is 13.9. The van der Waals surface area contributed by atoms with Crippen molar-refractivity contribution in [2.45, 2.75) is 13.8 Å². The largest absolute Gasteiger partial charge is 0.253 e. The van der Waals surface area contributed by atoms with Gasteiger partial charge in [-0.3, -0.25) is 4.98 Å². The number of hydrogen-bond acceptors (Lipinski definition) is 1. The highest BCUT2D eigenvalue weighted by Gasteiger charge is 2.09. The molecule has 0 saturated carbocycles. The number of aryl methyl sites for hydroxylation is 1. The number of hydrogen-bond donors (Lipinski definition) is 0. The quantitative estimate of drug-likeness (QED) is 0.628. The number of pyridine rings is 1. The Balaban J connectivity index is 2.19. The Bertz CT molecular complexity index is 716. The van der Waals surface area contributed by atoms with Crippen molar-refractivity contribution < 1.29 is 0 Å². The molecule has 1 nitrogen and oxygen atoms in total. The Hall–Kier alpha value is -2.41. The van der Waals surface area contributed by atoms with Gasteiger partial charge in [-0.05, 0) is 36.6 Å². The molecule has 1 aromatic heterocycles. The van der Waals surface area contributed by atoms with E-state index < -0.39 is 0 Å². The number of aromatic nitrogens is 1. The lowest BCUT2D eigenvalue weighted by molar-refractivity contribution is 1.16. The second-order valence-electron chi connectivity index (χ2n) is 5.00. The normalized spacial score (nSPS) is 10.5. The maximum absolute atomic E-state index is 4.73. The van der Waals surface area contributed by atoms with E-state index in [2.05, 4.69) is 56.3 Å². The van der Waals surface area contributed by atoms with Crippen LogP contribution >= 0.6 is 0 Å². The van der Waals surface area contributed by atoms with E-state index in [1.54, 1.807) is 0 Å². The maximum atomic E-state index is 4.73. The summed E-state index contributed by atoms with van der Waals surface area (Å²) in [4.78, 5) is 4.73. The van der Waals surface area contributed by atoms with Crippen molar-refractivity contribution in [3.63, 3.8) is 0 Å². The fraction of sp³-hybridized carbons (Fsp3) is 0.105. The molecule has 3 rings (SSSR count). The Morgan fingerprint density at radius 1 is 0.700 bits per heavy atom. The zero-order valence-electron chi connectivity index (χ0n) is 11.8.